The Labute approximate surface area is 168 Å². The molecule has 3 nitrogen and oxygen atoms in total. The molecule has 3 rings (SSSR count). The second-order valence-electron chi connectivity index (χ2n) is 6.26. The number of rotatable bonds is 3. The zero-order valence-corrected chi connectivity index (χ0v) is 16.5. The summed E-state index contributed by atoms with van der Waals surface area (Å²) in [5, 5.41) is 4.03. The molecule has 0 radical (unpaired) electrons. The van der Waals surface area contributed by atoms with Gasteiger partial charge in [-0.15, -0.1) is 12.4 Å². The number of carbonyl (C=O) groups is 1. The summed E-state index contributed by atoms with van der Waals surface area (Å²) < 4.78 is 13.9. The van der Waals surface area contributed by atoms with Gasteiger partial charge >= 0.3 is 0 Å². The van der Waals surface area contributed by atoms with Crippen molar-refractivity contribution in [1.29, 1.82) is 0 Å². The number of benzene rings is 2. The van der Waals surface area contributed by atoms with Crippen molar-refractivity contribution in [1.82, 2.24) is 10.2 Å². The summed E-state index contributed by atoms with van der Waals surface area (Å²) in [7, 11) is 1.80. The first-order chi connectivity index (χ1) is 12.0. The number of halogens is 4. The van der Waals surface area contributed by atoms with E-state index in [0.717, 1.165) is 18.5 Å². The third kappa shape index (κ3) is 4.49. The first-order valence-corrected chi connectivity index (χ1v) is 8.91. The third-order valence-corrected chi connectivity index (χ3v) is 5.28. The molecule has 2 atom stereocenters. The van der Waals surface area contributed by atoms with Crippen LogP contribution in [0.4, 0.5) is 4.39 Å². The highest BCUT2D eigenvalue weighted by Crippen LogP contribution is 2.30. The van der Waals surface area contributed by atoms with Crippen LogP contribution in [0.5, 0.6) is 0 Å². The molecule has 2 aromatic rings. The summed E-state index contributed by atoms with van der Waals surface area (Å²) in [4.78, 5) is 14.6. The average Bonchev–Trinajstić information content (AvgIpc) is 2.63. The van der Waals surface area contributed by atoms with Crippen molar-refractivity contribution in [3.8, 4) is 0 Å². The second kappa shape index (κ2) is 9.05. The van der Waals surface area contributed by atoms with Gasteiger partial charge in [0.15, 0.2) is 0 Å². The van der Waals surface area contributed by atoms with Crippen LogP contribution in [0, 0.1) is 5.82 Å². The molecule has 1 N–H and O–H groups in total. The molecule has 1 aliphatic heterocycles. The zero-order valence-electron chi connectivity index (χ0n) is 14.2. The SMILES string of the molecule is CN(C(=O)c1ccc(Cl)cc1)[C@@H]1CCNC[C@H]1c1ccc(Cl)c(F)c1.Cl. The van der Waals surface area contributed by atoms with Crippen LogP contribution in [-0.2, 0) is 0 Å². The van der Waals surface area contributed by atoms with Gasteiger partial charge in [-0.2, -0.15) is 0 Å². The predicted molar refractivity (Wildman–Crippen MR) is 106 cm³/mol. The van der Waals surface area contributed by atoms with Crippen LogP contribution in [0.2, 0.25) is 10.0 Å². The molecule has 1 aliphatic rings. The molecule has 2 aromatic carbocycles. The maximum atomic E-state index is 13.9. The molecule has 26 heavy (non-hydrogen) atoms. The number of hydrogen-bond donors (Lipinski definition) is 1. The Morgan fingerprint density at radius 1 is 1.19 bits per heavy atom. The van der Waals surface area contributed by atoms with E-state index in [-0.39, 0.29) is 35.3 Å². The lowest BCUT2D eigenvalue weighted by Crippen LogP contribution is -2.49. The summed E-state index contributed by atoms with van der Waals surface area (Å²) in [6.07, 6.45) is 0.796. The van der Waals surface area contributed by atoms with Gasteiger partial charge < -0.3 is 10.2 Å². The fraction of sp³-hybridized carbons (Fsp3) is 0.316. The molecule has 0 unspecified atom stereocenters. The Morgan fingerprint density at radius 3 is 2.54 bits per heavy atom. The fourth-order valence-electron chi connectivity index (χ4n) is 3.34. The number of nitrogens with one attached hydrogen (secondary N) is 1. The van der Waals surface area contributed by atoms with Crippen LogP contribution < -0.4 is 5.32 Å². The Kier molecular flexibility index (Phi) is 7.30. The molecule has 0 aliphatic carbocycles. The summed E-state index contributed by atoms with van der Waals surface area (Å²) in [5.41, 5.74) is 1.43. The summed E-state index contributed by atoms with van der Waals surface area (Å²) in [6, 6.07) is 11.7. The Hall–Kier alpha value is -1.33. The molecular weight excluding hydrogens is 398 g/mol. The van der Waals surface area contributed by atoms with Crippen molar-refractivity contribution in [3.63, 3.8) is 0 Å². The minimum atomic E-state index is -0.435. The Balaban J connectivity index is 0.00000243. The summed E-state index contributed by atoms with van der Waals surface area (Å²) in [5.74, 6) is -0.500. The van der Waals surface area contributed by atoms with E-state index >= 15 is 0 Å². The normalized spacial score (nSPS) is 19.5. The van der Waals surface area contributed by atoms with Gasteiger partial charge in [0.1, 0.15) is 5.82 Å². The van der Waals surface area contributed by atoms with Crippen LogP contribution in [0.1, 0.15) is 28.3 Å². The summed E-state index contributed by atoms with van der Waals surface area (Å²) >= 11 is 11.7. The van der Waals surface area contributed by atoms with Crippen molar-refractivity contribution in [2.24, 2.45) is 0 Å². The maximum Gasteiger partial charge on any atom is 0.253 e. The molecule has 0 saturated carbocycles. The van der Waals surface area contributed by atoms with E-state index < -0.39 is 5.82 Å². The van der Waals surface area contributed by atoms with Gasteiger partial charge in [0.25, 0.3) is 5.91 Å². The van der Waals surface area contributed by atoms with E-state index in [4.69, 9.17) is 23.2 Å². The minimum absolute atomic E-state index is 0. The molecule has 1 saturated heterocycles. The molecular formula is C19H20Cl3FN2O. The monoisotopic (exact) mass is 416 g/mol. The number of nitrogens with zero attached hydrogens (tertiary/aromatic N) is 1. The first kappa shape index (κ1) is 21.0. The van der Waals surface area contributed by atoms with Gasteiger partial charge in [0.2, 0.25) is 0 Å². The van der Waals surface area contributed by atoms with Crippen molar-refractivity contribution in [3.05, 3.63) is 69.5 Å². The van der Waals surface area contributed by atoms with Crippen LogP contribution in [0.25, 0.3) is 0 Å². The van der Waals surface area contributed by atoms with Crippen LogP contribution in [0.15, 0.2) is 42.5 Å². The Bertz CT molecular complexity index is 770. The van der Waals surface area contributed by atoms with Crippen molar-refractivity contribution in [2.45, 2.75) is 18.4 Å². The van der Waals surface area contributed by atoms with Crippen LogP contribution in [-0.4, -0.2) is 37.0 Å². The van der Waals surface area contributed by atoms with Gasteiger partial charge in [-0.05, 0) is 54.9 Å². The first-order valence-electron chi connectivity index (χ1n) is 8.16. The van der Waals surface area contributed by atoms with Gasteiger partial charge in [-0.3, -0.25) is 4.79 Å². The van der Waals surface area contributed by atoms with Gasteiger partial charge in [-0.25, -0.2) is 4.39 Å². The highest BCUT2D eigenvalue weighted by atomic mass is 35.5. The van der Waals surface area contributed by atoms with E-state index in [1.165, 1.54) is 6.07 Å². The quantitative estimate of drug-likeness (QED) is 0.780. The molecule has 0 aromatic heterocycles. The lowest BCUT2D eigenvalue weighted by Gasteiger charge is -2.38. The predicted octanol–water partition coefficient (Wildman–Crippen LogP) is 4.77. The molecule has 1 fully saturated rings. The molecule has 7 heteroatoms. The standard InChI is InChI=1S/C19H19Cl2FN2O.ClH/c1-24(19(25)12-2-5-14(20)6-3-12)18-8-9-23-11-15(18)13-4-7-16(21)17(22)10-13;/h2-7,10,15,18,23H,8-9,11H2,1H3;1H/t15-,18+;/m0./s1. The highest BCUT2D eigenvalue weighted by Gasteiger charge is 2.32. The fourth-order valence-corrected chi connectivity index (χ4v) is 3.58. The second-order valence-corrected chi connectivity index (χ2v) is 7.11. The lowest BCUT2D eigenvalue weighted by molar-refractivity contribution is 0.0679. The average molecular weight is 418 g/mol. The van der Waals surface area contributed by atoms with E-state index in [1.807, 2.05) is 6.07 Å². The highest BCUT2D eigenvalue weighted by molar-refractivity contribution is 6.31. The largest absolute Gasteiger partial charge is 0.338 e. The minimum Gasteiger partial charge on any atom is -0.338 e. The lowest BCUT2D eigenvalue weighted by atomic mass is 9.85. The number of piperidine rings is 1. The topological polar surface area (TPSA) is 32.3 Å². The van der Waals surface area contributed by atoms with E-state index in [0.29, 0.717) is 17.1 Å². The molecule has 140 valence electrons. The third-order valence-electron chi connectivity index (χ3n) is 4.73. The van der Waals surface area contributed by atoms with E-state index in [1.54, 1.807) is 42.3 Å². The van der Waals surface area contributed by atoms with Crippen molar-refractivity contribution in [2.75, 3.05) is 20.1 Å². The van der Waals surface area contributed by atoms with Crippen LogP contribution in [0.3, 0.4) is 0 Å². The smallest absolute Gasteiger partial charge is 0.253 e. The van der Waals surface area contributed by atoms with Crippen molar-refractivity contribution < 1.29 is 9.18 Å². The van der Waals surface area contributed by atoms with Crippen LogP contribution >= 0.6 is 35.6 Å². The van der Waals surface area contributed by atoms with E-state index in [2.05, 4.69) is 5.32 Å². The number of likely N-dealkylation sites (N-methyl/N-ethyl adjacent to an activating group) is 1. The zero-order chi connectivity index (χ0) is 18.0. The number of carbonyl (C=O) groups excluding carboxylic acids is 1. The van der Waals surface area contributed by atoms with Gasteiger partial charge in [-0.1, -0.05) is 29.3 Å². The summed E-state index contributed by atoms with van der Waals surface area (Å²) in [6.45, 7) is 1.50. The van der Waals surface area contributed by atoms with E-state index in [9.17, 15) is 9.18 Å². The van der Waals surface area contributed by atoms with Gasteiger partial charge in [0.05, 0.1) is 5.02 Å². The molecule has 1 heterocycles. The molecule has 0 spiro atoms. The number of hydrogen-bond acceptors (Lipinski definition) is 2. The van der Waals surface area contributed by atoms with Gasteiger partial charge in [0, 0.05) is 36.1 Å². The molecule has 0 bridgehead atoms. The number of amides is 1. The van der Waals surface area contributed by atoms with Crippen molar-refractivity contribution >= 4 is 41.5 Å². The maximum absolute atomic E-state index is 13.9. The Morgan fingerprint density at radius 2 is 1.88 bits per heavy atom. The molecule has 1 amide bonds.